The lowest BCUT2D eigenvalue weighted by atomic mass is 10.4. The maximum absolute atomic E-state index is 11.8. The first-order chi connectivity index (χ1) is 9.92. The highest BCUT2D eigenvalue weighted by atomic mass is 32.2. The molecule has 0 aliphatic carbocycles. The fourth-order valence-electron chi connectivity index (χ4n) is 1.38. The topological polar surface area (TPSA) is 84.5 Å². The van der Waals surface area contributed by atoms with Gasteiger partial charge in [0, 0.05) is 19.5 Å². The highest BCUT2D eigenvalue weighted by molar-refractivity contribution is 7.91. The van der Waals surface area contributed by atoms with Gasteiger partial charge in [-0.05, 0) is 18.4 Å². The third kappa shape index (κ3) is 7.37. The van der Waals surface area contributed by atoms with E-state index < -0.39 is 10.0 Å². The second-order valence-electron chi connectivity index (χ2n) is 4.44. The molecule has 1 aromatic heterocycles. The number of nitrogens with one attached hydrogen (secondary N) is 2. The van der Waals surface area contributed by atoms with Crippen LogP contribution in [0.25, 0.3) is 0 Å². The molecule has 0 radical (unpaired) electrons. The third-order valence-corrected chi connectivity index (χ3v) is 5.18. The predicted molar refractivity (Wildman–Crippen MR) is 82.8 cm³/mol. The summed E-state index contributed by atoms with van der Waals surface area (Å²) in [6.07, 6.45) is 0.0884. The Balaban J connectivity index is 2.15. The Morgan fingerprint density at radius 3 is 2.81 bits per heavy atom. The molecule has 21 heavy (non-hydrogen) atoms. The number of ether oxygens (including phenoxy) is 1. The van der Waals surface area contributed by atoms with Crippen molar-refractivity contribution in [2.45, 2.75) is 17.6 Å². The van der Waals surface area contributed by atoms with Gasteiger partial charge in [0.1, 0.15) is 4.21 Å². The van der Waals surface area contributed by atoms with Gasteiger partial charge in [-0.15, -0.1) is 11.3 Å². The fraction of sp³-hybridized carbons (Fsp3) is 0.462. The smallest absolute Gasteiger partial charge is 0.250 e. The Kier molecular flexibility index (Phi) is 7.58. The first-order valence-electron chi connectivity index (χ1n) is 6.44. The van der Waals surface area contributed by atoms with Gasteiger partial charge in [-0.3, -0.25) is 4.79 Å². The zero-order valence-corrected chi connectivity index (χ0v) is 13.6. The molecule has 1 heterocycles. The summed E-state index contributed by atoms with van der Waals surface area (Å²) < 4.78 is 31.4. The minimum atomic E-state index is -3.50. The first kappa shape index (κ1) is 17.8. The van der Waals surface area contributed by atoms with Gasteiger partial charge in [0.05, 0.1) is 13.2 Å². The average molecular weight is 332 g/mol. The molecule has 2 N–H and O–H groups in total. The van der Waals surface area contributed by atoms with Crippen molar-refractivity contribution < 1.29 is 17.9 Å². The molecule has 0 aromatic carbocycles. The maximum Gasteiger partial charge on any atom is 0.250 e. The molecule has 8 heteroatoms. The average Bonchev–Trinajstić information content (AvgIpc) is 2.92. The van der Waals surface area contributed by atoms with Gasteiger partial charge >= 0.3 is 0 Å². The van der Waals surface area contributed by atoms with E-state index in [1.807, 2.05) is 6.92 Å². The monoisotopic (exact) mass is 332 g/mol. The third-order valence-electron chi connectivity index (χ3n) is 2.32. The van der Waals surface area contributed by atoms with Crippen molar-refractivity contribution in [3.8, 4) is 0 Å². The number of sulfonamides is 1. The molecule has 0 aliphatic rings. The largest absolute Gasteiger partial charge is 0.375 e. The number of rotatable bonds is 10. The van der Waals surface area contributed by atoms with Crippen molar-refractivity contribution >= 4 is 27.3 Å². The van der Waals surface area contributed by atoms with Crippen LogP contribution in [0.2, 0.25) is 0 Å². The minimum absolute atomic E-state index is 0.0681. The highest BCUT2D eigenvalue weighted by Crippen LogP contribution is 2.14. The fourth-order valence-corrected chi connectivity index (χ4v) is 3.45. The van der Waals surface area contributed by atoms with Gasteiger partial charge in [-0.1, -0.05) is 18.2 Å². The molecule has 1 aromatic rings. The molecule has 1 rings (SSSR count). The van der Waals surface area contributed by atoms with Crippen molar-refractivity contribution in [3.05, 3.63) is 29.7 Å². The summed E-state index contributed by atoms with van der Waals surface area (Å²) in [6, 6.07) is 3.18. The van der Waals surface area contributed by atoms with Crippen LogP contribution in [-0.2, 0) is 19.6 Å². The van der Waals surface area contributed by atoms with Gasteiger partial charge in [-0.25, -0.2) is 13.1 Å². The van der Waals surface area contributed by atoms with E-state index in [2.05, 4.69) is 16.6 Å². The first-order valence-corrected chi connectivity index (χ1v) is 8.80. The summed E-state index contributed by atoms with van der Waals surface area (Å²) in [5.41, 5.74) is 0.921. The lowest BCUT2D eigenvalue weighted by molar-refractivity contribution is -0.121. The number of hydrogen-bond donors (Lipinski definition) is 2. The Morgan fingerprint density at radius 1 is 1.43 bits per heavy atom. The second kappa shape index (κ2) is 8.93. The Labute approximate surface area is 129 Å². The van der Waals surface area contributed by atoms with Crippen LogP contribution >= 0.6 is 11.3 Å². The number of carbonyl (C=O) groups excluding carboxylic acids is 1. The van der Waals surface area contributed by atoms with E-state index >= 15 is 0 Å². The Morgan fingerprint density at radius 2 is 2.19 bits per heavy atom. The number of hydrogen-bond acceptors (Lipinski definition) is 5. The van der Waals surface area contributed by atoms with E-state index in [1.165, 1.54) is 6.07 Å². The summed E-state index contributed by atoms with van der Waals surface area (Å²) in [6.45, 7) is 6.89. The molecular weight excluding hydrogens is 312 g/mol. The molecule has 0 unspecified atom stereocenters. The summed E-state index contributed by atoms with van der Waals surface area (Å²) in [5.74, 6) is -0.220. The van der Waals surface area contributed by atoms with Gasteiger partial charge < -0.3 is 10.1 Å². The number of carbonyl (C=O) groups is 1. The molecule has 0 fully saturated rings. The van der Waals surface area contributed by atoms with E-state index in [9.17, 15) is 13.2 Å². The Hall–Kier alpha value is -1.22. The molecule has 0 saturated carbocycles. The van der Waals surface area contributed by atoms with E-state index in [0.29, 0.717) is 19.8 Å². The standard InChI is InChI=1S/C13H20N2O4S2/c1-11(2)10-19-8-7-14-12(16)5-6-15-21(17,18)13-4-3-9-20-13/h3-4,9,15H,1,5-8,10H2,2H3,(H,14,16). The molecule has 0 atom stereocenters. The second-order valence-corrected chi connectivity index (χ2v) is 7.38. The van der Waals surface area contributed by atoms with Crippen molar-refractivity contribution in [2.24, 2.45) is 0 Å². The van der Waals surface area contributed by atoms with Gasteiger partial charge in [0.25, 0.3) is 0 Å². The van der Waals surface area contributed by atoms with Crippen LogP contribution in [0.1, 0.15) is 13.3 Å². The minimum Gasteiger partial charge on any atom is -0.375 e. The summed E-state index contributed by atoms with van der Waals surface area (Å²) >= 11 is 1.14. The van der Waals surface area contributed by atoms with E-state index in [0.717, 1.165) is 16.9 Å². The molecule has 118 valence electrons. The predicted octanol–water partition coefficient (Wildman–Crippen LogP) is 1.13. The van der Waals surface area contributed by atoms with E-state index in [1.54, 1.807) is 11.4 Å². The maximum atomic E-state index is 11.8. The van der Waals surface area contributed by atoms with Gasteiger partial charge in [-0.2, -0.15) is 0 Å². The zero-order chi connectivity index (χ0) is 15.7. The highest BCUT2D eigenvalue weighted by Gasteiger charge is 2.14. The van der Waals surface area contributed by atoms with Crippen LogP contribution in [0.15, 0.2) is 33.9 Å². The molecule has 0 spiro atoms. The van der Waals surface area contributed by atoms with Crippen LogP contribution in [0.3, 0.4) is 0 Å². The van der Waals surface area contributed by atoms with Gasteiger partial charge in [0.15, 0.2) is 0 Å². The van der Waals surface area contributed by atoms with Crippen LogP contribution in [-0.4, -0.2) is 40.6 Å². The van der Waals surface area contributed by atoms with Crippen molar-refractivity contribution in [1.29, 1.82) is 0 Å². The van der Waals surface area contributed by atoms with Crippen molar-refractivity contribution in [2.75, 3.05) is 26.3 Å². The van der Waals surface area contributed by atoms with Crippen LogP contribution in [0, 0.1) is 0 Å². The molecule has 0 saturated heterocycles. The van der Waals surface area contributed by atoms with Gasteiger partial charge in [0.2, 0.25) is 15.9 Å². The normalized spacial score (nSPS) is 11.3. The lowest BCUT2D eigenvalue weighted by Gasteiger charge is -2.07. The van der Waals surface area contributed by atoms with E-state index in [-0.39, 0.29) is 23.1 Å². The van der Waals surface area contributed by atoms with Crippen LogP contribution in [0.4, 0.5) is 0 Å². The summed E-state index contributed by atoms with van der Waals surface area (Å²) in [7, 11) is -3.50. The molecule has 1 amide bonds. The van der Waals surface area contributed by atoms with Crippen LogP contribution in [0.5, 0.6) is 0 Å². The molecular formula is C13H20N2O4S2. The van der Waals surface area contributed by atoms with Crippen LogP contribution < -0.4 is 10.0 Å². The van der Waals surface area contributed by atoms with E-state index in [4.69, 9.17) is 4.74 Å². The summed E-state index contributed by atoms with van der Waals surface area (Å²) in [4.78, 5) is 11.5. The Bertz CT molecular complexity index is 553. The lowest BCUT2D eigenvalue weighted by Crippen LogP contribution is -2.32. The quantitative estimate of drug-likeness (QED) is 0.497. The molecule has 0 bridgehead atoms. The number of amides is 1. The number of thiophene rings is 1. The summed E-state index contributed by atoms with van der Waals surface area (Å²) in [5, 5.41) is 4.34. The molecule has 6 nitrogen and oxygen atoms in total. The molecule has 0 aliphatic heterocycles. The zero-order valence-electron chi connectivity index (χ0n) is 11.9. The SMILES string of the molecule is C=C(C)COCCNC(=O)CCNS(=O)(=O)c1cccs1. The van der Waals surface area contributed by atoms with Crippen molar-refractivity contribution in [1.82, 2.24) is 10.0 Å². The van der Waals surface area contributed by atoms with Crippen molar-refractivity contribution in [3.63, 3.8) is 0 Å².